The van der Waals surface area contributed by atoms with Crippen LogP contribution in [-0.2, 0) is 6.61 Å². The van der Waals surface area contributed by atoms with Crippen LogP contribution in [0.2, 0.25) is 0 Å². The van der Waals surface area contributed by atoms with Gasteiger partial charge in [-0.05, 0) is 37.1 Å². The highest BCUT2D eigenvalue weighted by atomic mass is 32.1. The van der Waals surface area contributed by atoms with Gasteiger partial charge in [-0.15, -0.1) is 11.3 Å². The largest absolute Gasteiger partial charge is 0.487 e. The predicted molar refractivity (Wildman–Crippen MR) is 87.2 cm³/mol. The third-order valence-electron chi connectivity index (χ3n) is 3.93. The average Bonchev–Trinajstić information content (AvgIpc) is 3.08. The maximum atomic E-state index is 12.2. The molecule has 0 unspecified atom stereocenters. The zero-order valence-electron chi connectivity index (χ0n) is 12.5. The zero-order valence-corrected chi connectivity index (χ0v) is 13.3. The van der Waals surface area contributed by atoms with Crippen LogP contribution in [0.1, 0.15) is 48.2 Å². The zero-order chi connectivity index (χ0) is 15.2. The van der Waals surface area contributed by atoms with Gasteiger partial charge >= 0.3 is 0 Å². The Labute approximate surface area is 134 Å². The van der Waals surface area contributed by atoms with E-state index in [0.29, 0.717) is 18.2 Å². The van der Waals surface area contributed by atoms with E-state index >= 15 is 0 Å². The number of nitrogens with one attached hydrogen (secondary N) is 1. The van der Waals surface area contributed by atoms with Crippen LogP contribution in [-0.4, -0.2) is 16.9 Å². The first-order chi connectivity index (χ1) is 10.8. The quantitative estimate of drug-likeness (QED) is 0.913. The van der Waals surface area contributed by atoms with Crippen LogP contribution in [0.4, 0.5) is 0 Å². The normalized spacial score (nSPS) is 15.5. The molecule has 0 spiro atoms. The third kappa shape index (κ3) is 4.07. The number of aromatic nitrogens is 1. The highest BCUT2D eigenvalue weighted by Gasteiger charge is 2.16. The summed E-state index contributed by atoms with van der Waals surface area (Å²) >= 11 is 1.55. The van der Waals surface area contributed by atoms with Crippen molar-refractivity contribution in [1.29, 1.82) is 0 Å². The maximum Gasteiger partial charge on any atom is 0.251 e. The summed E-state index contributed by atoms with van der Waals surface area (Å²) < 4.78 is 5.65. The molecule has 1 saturated carbocycles. The lowest BCUT2D eigenvalue weighted by atomic mass is 9.95. The highest BCUT2D eigenvalue weighted by molar-refractivity contribution is 7.07. The molecule has 2 aromatic rings. The van der Waals surface area contributed by atoms with Gasteiger partial charge in [-0.25, -0.2) is 4.98 Å². The smallest absolute Gasteiger partial charge is 0.251 e. The standard InChI is InChI=1S/C17H20N2O2S/c20-17(19-14-4-2-1-3-5-14)13-6-8-16(9-7-13)21-10-15-11-22-12-18-15/h6-9,11-12,14H,1-5,10H2,(H,19,20). The number of ether oxygens (including phenoxy) is 1. The fraction of sp³-hybridized carbons (Fsp3) is 0.412. The summed E-state index contributed by atoms with van der Waals surface area (Å²) in [5.41, 5.74) is 3.40. The van der Waals surface area contributed by atoms with Gasteiger partial charge < -0.3 is 10.1 Å². The number of hydrogen-bond acceptors (Lipinski definition) is 4. The SMILES string of the molecule is O=C(NC1CCCCC1)c1ccc(OCc2cscn2)cc1. The van der Waals surface area contributed by atoms with Gasteiger partial charge in [0.1, 0.15) is 12.4 Å². The van der Waals surface area contributed by atoms with Gasteiger partial charge in [0.15, 0.2) is 0 Å². The molecular formula is C17H20N2O2S. The van der Waals surface area contributed by atoms with Gasteiger partial charge in [-0.2, -0.15) is 0 Å². The Morgan fingerprint density at radius 3 is 2.68 bits per heavy atom. The van der Waals surface area contributed by atoms with E-state index in [-0.39, 0.29) is 5.91 Å². The van der Waals surface area contributed by atoms with E-state index in [1.54, 1.807) is 16.8 Å². The molecular weight excluding hydrogens is 296 g/mol. The number of hydrogen-bond donors (Lipinski definition) is 1. The van der Waals surface area contributed by atoms with Gasteiger partial charge in [0, 0.05) is 17.0 Å². The topological polar surface area (TPSA) is 51.2 Å². The molecule has 1 N–H and O–H groups in total. The molecule has 3 rings (SSSR count). The maximum absolute atomic E-state index is 12.2. The molecule has 0 saturated heterocycles. The molecule has 5 heteroatoms. The summed E-state index contributed by atoms with van der Waals surface area (Å²) in [6, 6.07) is 7.63. The number of thiazole rings is 1. The van der Waals surface area contributed by atoms with Gasteiger partial charge in [-0.3, -0.25) is 4.79 Å². The average molecular weight is 316 g/mol. The first-order valence-corrected chi connectivity index (χ1v) is 8.66. The number of rotatable bonds is 5. The second-order valence-electron chi connectivity index (χ2n) is 5.60. The van der Waals surface area contributed by atoms with Gasteiger partial charge in [0.05, 0.1) is 11.2 Å². The molecule has 0 atom stereocenters. The second kappa shape index (κ2) is 7.40. The lowest BCUT2D eigenvalue weighted by Crippen LogP contribution is -2.36. The fourth-order valence-corrected chi connectivity index (χ4v) is 3.23. The summed E-state index contributed by atoms with van der Waals surface area (Å²) in [6.45, 7) is 0.455. The Balaban J connectivity index is 1.52. The van der Waals surface area contributed by atoms with Crippen molar-refractivity contribution in [2.45, 2.75) is 44.8 Å². The van der Waals surface area contributed by atoms with E-state index in [9.17, 15) is 4.79 Å². The minimum absolute atomic E-state index is 0.0120. The van der Waals surface area contributed by atoms with Crippen molar-refractivity contribution < 1.29 is 9.53 Å². The minimum Gasteiger partial charge on any atom is -0.487 e. The van der Waals surface area contributed by atoms with Crippen molar-refractivity contribution in [2.75, 3.05) is 0 Å². The molecule has 4 nitrogen and oxygen atoms in total. The third-order valence-corrected chi connectivity index (χ3v) is 4.56. The van der Waals surface area contributed by atoms with Crippen LogP contribution < -0.4 is 10.1 Å². The van der Waals surface area contributed by atoms with Crippen molar-refractivity contribution in [3.05, 3.63) is 46.4 Å². The molecule has 1 aliphatic rings. The van der Waals surface area contributed by atoms with Gasteiger partial charge in [-0.1, -0.05) is 19.3 Å². The van der Waals surface area contributed by atoms with Crippen LogP contribution in [0.3, 0.4) is 0 Å². The van der Waals surface area contributed by atoms with Crippen LogP contribution >= 0.6 is 11.3 Å². The van der Waals surface area contributed by atoms with Crippen molar-refractivity contribution >= 4 is 17.2 Å². The number of amides is 1. The molecule has 116 valence electrons. The first kappa shape index (κ1) is 15.0. The van der Waals surface area contributed by atoms with Crippen LogP contribution in [0.15, 0.2) is 35.2 Å². The van der Waals surface area contributed by atoms with E-state index in [0.717, 1.165) is 24.3 Å². The van der Waals surface area contributed by atoms with Crippen molar-refractivity contribution in [3.8, 4) is 5.75 Å². The molecule has 1 amide bonds. The lowest BCUT2D eigenvalue weighted by Gasteiger charge is -2.22. The van der Waals surface area contributed by atoms with E-state index in [1.165, 1.54) is 19.3 Å². The Bertz CT molecular complexity index is 590. The molecule has 22 heavy (non-hydrogen) atoms. The predicted octanol–water partition coefficient (Wildman–Crippen LogP) is 3.78. The van der Waals surface area contributed by atoms with E-state index < -0.39 is 0 Å². The molecule has 1 fully saturated rings. The summed E-state index contributed by atoms with van der Waals surface area (Å²) in [5.74, 6) is 0.764. The van der Waals surface area contributed by atoms with Crippen molar-refractivity contribution in [3.63, 3.8) is 0 Å². The highest BCUT2D eigenvalue weighted by Crippen LogP contribution is 2.19. The lowest BCUT2D eigenvalue weighted by molar-refractivity contribution is 0.0927. The molecule has 1 aromatic carbocycles. The Hall–Kier alpha value is -1.88. The number of benzene rings is 1. The molecule has 0 radical (unpaired) electrons. The first-order valence-electron chi connectivity index (χ1n) is 7.72. The van der Waals surface area contributed by atoms with Crippen molar-refractivity contribution in [1.82, 2.24) is 10.3 Å². The second-order valence-corrected chi connectivity index (χ2v) is 6.32. The molecule has 0 aliphatic heterocycles. The van der Waals surface area contributed by atoms with E-state index in [2.05, 4.69) is 10.3 Å². The fourth-order valence-electron chi connectivity index (χ4n) is 2.68. The molecule has 1 aliphatic carbocycles. The number of nitrogens with zero attached hydrogens (tertiary/aromatic N) is 1. The van der Waals surface area contributed by atoms with Gasteiger partial charge in [0.25, 0.3) is 5.91 Å². The summed E-state index contributed by atoms with van der Waals surface area (Å²) in [5, 5.41) is 5.08. The van der Waals surface area contributed by atoms with Crippen molar-refractivity contribution in [2.24, 2.45) is 0 Å². The molecule has 0 bridgehead atoms. The van der Waals surface area contributed by atoms with E-state index in [1.807, 2.05) is 29.6 Å². The molecule has 1 heterocycles. The Morgan fingerprint density at radius 2 is 2.00 bits per heavy atom. The van der Waals surface area contributed by atoms with Crippen LogP contribution in [0.25, 0.3) is 0 Å². The van der Waals surface area contributed by atoms with Gasteiger partial charge in [0.2, 0.25) is 0 Å². The Kier molecular flexibility index (Phi) is 5.06. The van der Waals surface area contributed by atoms with Crippen LogP contribution in [0, 0.1) is 0 Å². The van der Waals surface area contributed by atoms with Crippen LogP contribution in [0.5, 0.6) is 5.75 Å². The molecule has 1 aromatic heterocycles. The number of carbonyl (C=O) groups excluding carboxylic acids is 1. The minimum atomic E-state index is 0.0120. The monoisotopic (exact) mass is 316 g/mol. The number of carbonyl (C=O) groups is 1. The Morgan fingerprint density at radius 1 is 1.23 bits per heavy atom. The summed E-state index contributed by atoms with van der Waals surface area (Å²) in [4.78, 5) is 16.4. The summed E-state index contributed by atoms with van der Waals surface area (Å²) in [6.07, 6.45) is 5.92. The summed E-state index contributed by atoms with van der Waals surface area (Å²) in [7, 11) is 0. The van der Waals surface area contributed by atoms with E-state index in [4.69, 9.17) is 4.74 Å².